The zero-order valence-corrected chi connectivity index (χ0v) is 9.77. The van der Waals surface area contributed by atoms with E-state index < -0.39 is 0 Å². The number of ether oxygens (including phenoxy) is 1. The van der Waals surface area contributed by atoms with Crippen LogP contribution < -0.4 is 10.5 Å². The Labute approximate surface area is 104 Å². The molecule has 0 bridgehead atoms. The SMILES string of the molecule is NC[C@@H]1Cc2c(F)ccc(-c3ccncc3)c2O1. The fraction of sp³-hybridized carbons (Fsp3) is 0.214. The van der Waals surface area contributed by atoms with Gasteiger partial charge >= 0.3 is 0 Å². The molecule has 0 amide bonds. The van der Waals surface area contributed by atoms with Gasteiger partial charge in [0.2, 0.25) is 0 Å². The van der Waals surface area contributed by atoms with E-state index in [0.717, 1.165) is 11.1 Å². The number of pyridine rings is 1. The summed E-state index contributed by atoms with van der Waals surface area (Å²) in [7, 11) is 0. The zero-order chi connectivity index (χ0) is 12.5. The molecule has 0 unspecified atom stereocenters. The van der Waals surface area contributed by atoms with E-state index in [0.29, 0.717) is 24.3 Å². The fourth-order valence-corrected chi connectivity index (χ4v) is 2.25. The second-order valence-corrected chi connectivity index (χ2v) is 4.32. The van der Waals surface area contributed by atoms with E-state index in [1.807, 2.05) is 12.1 Å². The highest BCUT2D eigenvalue weighted by atomic mass is 19.1. The predicted octanol–water partition coefficient (Wildman–Crippen LogP) is 2.15. The second kappa shape index (κ2) is 4.38. The number of hydrogen-bond acceptors (Lipinski definition) is 3. The Morgan fingerprint density at radius 2 is 2.06 bits per heavy atom. The van der Waals surface area contributed by atoms with Gasteiger partial charge in [-0.15, -0.1) is 0 Å². The molecule has 0 saturated heterocycles. The highest BCUT2D eigenvalue weighted by Crippen LogP contribution is 2.39. The molecule has 1 aromatic heterocycles. The van der Waals surface area contributed by atoms with Gasteiger partial charge in [-0.1, -0.05) is 0 Å². The third kappa shape index (κ3) is 1.75. The number of benzene rings is 1. The Morgan fingerprint density at radius 1 is 1.28 bits per heavy atom. The summed E-state index contributed by atoms with van der Waals surface area (Å²) in [5, 5.41) is 0. The van der Waals surface area contributed by atoms with Crippen molar-refractivity contribution in [1.82, 2.24) is 4.98 Å². The molecule has 1 aliphatic heterocycles. The van der Waals surface area contributed by atoms with Gasteiger partial charge in [0.15, 0.2) is 0 Å². The number of aromatic nitrogens is 1. The van der Waals surface area contributed by atoms with Crippen LogP contribution in [-0.4, -0.2) is 17.6 Å². The summed E-state index contributed by atoms with van der Waals surface area (Å²) in [5.74, 6) is 0.399. The van der Waals surface area contributed by atoms with Crippen molar-refractivity contribution in [3.8, 4) is 16.9 Å². The molecule has 1 aromatic carbocycles. The first kappa shape index (κ1) is 11.2. The maximum absolute atomic E-state index is 13.8. The molecule has 0 radical (unpaired) electrons. The molecule has 2 heterocycles. The van der Waals surface area contributed by atoms with Crippen molar-refractivity contribution < 1.29 is 9.13 Å². The lowest BCUT2D eigenvalue weighted by molar-refractivity contribution is 0.242. The number of nitrogens with two attached hydrogens (primary N) is 1. The standard InChI is InChI=1S/C14H13FN2O/c15-13-2-1-11(9-3-5-17-6-4-9)14-12(13)7-10(8-16)18-14/h1-6,10H,7-8,16H2/t10-/m0/s1. The lowest BCUT2D eigenvalue weighted by Gasteiger charge is -2.10. The van der Waals surface area contributed by atoms with E-state index >= 15 is 0 Å². The number of nitrogens with zero attached hydrogens (tertiary/aromatic N) is 1. The highest BCUT2D eigenvalue weighted by molar-refractivity contribution is 5.72. The van der Waals surface area contributed by atoms with Gasteiger partial charge in [-0.25, -0.2) is 4.39 Å². The monoisotopic (exact) mass is 244 g/mol. The van der Waals surface area contributed by atoms with Crippen molar-refractivity contribution >= 4 is 0 Å². The van der Waals surface area contributed by atoms with E-state index in [9.17, 15) is 4.39 Å². The summed E-state index contributed by atoms with van der Waals surface area (Å²) in [6.45, 7) is 0.393. The number of halogens is 1. The maximum atomic E-state index is 13.8. The van der Waals surface area contributed by atoms with Crippen LogP contribution in [0.15, 0.2) is 36.7 Å². The van der Waals surface area contributed by atoms with Crippen LogP contribution in [0.25, 0.3) is 11.1 Å². The van der Waals surface area contributed by atoms with E-state index in [4.69, 9.17) is 10.5 Å². The molecule has 2 N–H and O–H groups in total. The minimum Gasteiger partial charge on any atom is -0.488 e. The van der Waals surface area contributed by atoms with Crippen LogP contribution in [0.1, 0.15) is 5.56 Å². The lowest BCUT2D eigenvalue weighted by Crippen LogP contribution is -2.24. The van der Waals surface area contributed by atoms with Crippen LogP contribution in [0.4, 0.5) is 4.39 Å². The van der Waals surface area contributed by atoms with Gasteiger partial charge in [0, 0.05) is 36.5 Å². The van der Waals surface area contributed by atoms with Crippen molar-refractivity contribution in [1.29, 1.82) is 0 Å². The third-order valence-electron chi connectivity index (χ3n) is 3.17. The number of fused-ring (bicyclic) bond motifs is 1. The molecule has 1 atom stereocenters. The van der Waals surface area contributed by atoms with Gasteiger partial charge in [-0.2, -0.15) is 0 Å². The van der Waals surface area contributed by atoms with Crippen molar-refractivity contribution in [3.05, 3.63) is 48.0 Å². The average molecular weight is 244 g/mol. The summed E-state index contributed by atoms with van der Waals surface area (Å²) >= 11 is 0. The first-order valence-corrected chi connectivity index (χ1v) is 5.88. The molecule has 0 fully saturated rings. The first-order chi connectivity index (χ1) is 8.79. The van der Waals surface area contributed by atoms with Gasteiger partial charge in [-0.05, 0) is 29.8 Å². The fourth-order valence-electron chi connectivity index (χ4n) is 2.25. The summed E-state index contributed by atoms with van der Waals surface area (Å²) in [6, 6.07) is 6.98. The van der Waals surface area contributed by atoms with Crippen LogP contribution in [0.3, 0.4) is 0 Å². The molecular formula is C14H13FN2O. The molecule has 92 valence electrons. The Bertz CT molecular complexity index is 572. The molecule has 1 aliphatic rings. The molecule has 0 aliphatic carbocycles. The Balaban J connectivity index is 2.12. The highest BCUT2D eigenvalue weighted by Gasteiger charge is 2.27. The number of rotatable bonds is 2. The minimum atomic E-state index is -0.223. The smallest absolute Gasteiger partial charge is 0.133 e. The Hall–Kier alpha value is -1.94. The largest absolute Gasteiger partial charge is 0.488 e. The predicted molar refractivity (Wildman–Crippen MR) is 66.8 cm³/mol. The van der Waals surface area contributed by atoms with Gasteiger partial charge in [0.1, 0.15) is 17.7 Å². The summed E-state index contributed by atoms with van der Waals surface area (Å²) in [6.07, 6.45) is 3.83. The molecule has 3 nitrogen and oxygen atoms in total. The summed E-state index contributed by atoms with van der Waals surface area (Å²) in [5.41, 5.74) is 8.08. The minimum absolute atomic E-state index is 0.127. The van der Waals surface area contributed by atoms with Gasteiger partial charge in [0.05, 0.1) is 0 Å². The average Bonchev–Trinajstić information content (AvgIpc) is 2.85. The van der Waals surface area contributed by atoms with Crippen LogP contribution >= 0.6 is 0 Å². The van der Waals surface area contributed by atoms with Gasteiger partial charge in [0.25, 0.3) is 0 Å². The van der Waals surface area contributed by atoms with E-state index in [1.165, 1.54) is 6.07 Å². The van der Waals surface area contributed by atoms with Gasteiger partial charge in [-0.3, -0.25) is 4.98 Å². The molecule has 2 aromatic rings. The zero-order valence-electron chi connectivity index (χ0n) is 9.77. The third-order valence-corrected chi connectivity index (χ3v) is 3.17. The van der Waals surface area contributed by atoms with Crippen LogP contribution in [0.2, 0.25) is 0 Å². The number of hydrogen-bond donors (Lipinski definition) is 1. The van der Waals surface area contributed by atoms with Crippen LogP contribution in [-0.2, 0) is 6.42 Å². The quantitative estimate of drug-likeness (QED) is 0.880. The Kier molecular flexibility index (Phi) is 2.72. The van der Waals surface area contributed by atoms with Crippen LogP contribution in [0.5, 0.6) is 5.75 Å². The molecule has 4 heteroatoms. The maximum Gasteiger partial charge on any atom is 0.133 e. The normalized spacial score (nSPS) is 17.3. The Morgan fingerprint density at radius 3 is 2.78 bits per heavy atom. The first-order valence-electron chi connectivity index (χ1n) is 5.88. The van der Waals surface area contributed by atoms with Crippen LogP contribution in [0, 0.1) is 5.82 Å². The van der Waals surface area contributed by atoms with Crippen molar-refractivity contribution in [2.24, 2.45) is 5.73 Å². The summed E-state index contributed by atoms with van der Waals surface area (Å²) in [4.78, 5) is 3.98. The summed E-state index contributed by atoms with van der Waals surface area (Å²) < 4.78 is 19.5. The van der Waals surface area contributed by atoms with Gasteiger partial charge < -0.3 is 10.5 Å². The molecule has 3 rings (SSSR count). The van der Waals surface area contributed by atoms with Crippen molar-refractivity contribution in [3.63, 3.8) is 0 Å². The van der Waals surface area contributed by atoms with E-state index in [2.05, 4.69) is 4.98 Å². The second-order valence-electron chi connectivity index (χ2n) is 4.32. The van der Waals surface area contributed by atoms with E-state index in [1.54, 1.807) is 18.5 Å². The lowest BCUT2D eigenvalue weighted by atomic mass is 10.0. The molecular weight excluding hydrogens is 231 g/mol. The van der Waals surface area contributed by atoms with Crippen molar-refractivity contribution in [2.75, 3.05) is 6.54 Å². The van der Waals surface area contributed by atoms with Crippen molar-refractivity contribution in [2.45, 2.75) is 12.5 Å². The molecule has 0 saturated carbocycles. The molecule has 18 heavy (non-hydrogen) atoms. The molecule has 0 spiro atoms. The topological polar surface area (TPSA) is 48.1 Å². The van der Waals surface area contributed by atoms with E-state index in [-0.39, 0.29) is 11.9 Å².